The third-order valence-electron chi connectivity index (χ3n) is 2.13. The maximum Gasteiger partial charge on any atom is 0.0849 e. The fraction of sp³-hybridized carbons (Fsp3) is 0.182. The van der Waals surface area contributed by atoms with E-state index in [0.29, 0.717) is 11.8 Å². The molecule has 2 heteroatoms. The van der Waals surface area contributed by atoms with Crippen molar-refractivity contribution < 1.29 is 26.2 Å². The van der Waals surface area contributed by atoms with Gasteiger partial charge < -0.3 is 0 Å². The Morgan fingerprint density at radius 3 is 1.38 bits per heavy atom. The smallest absolute Gasteiger partial charge is 0.0849 e. The minimum Gasteiger partial charge on any atom is -0.115 e. The van der Waals surface area contributed by atoms with Crippen molar-refractivity contribution in [1.82, 2.24) is 0 Å². The van der Waals surface area contributed by atoms with Crippen molar-refractivity contribution in [2.75, 3.05) is 0 Å². The molecular formula is C11H10ClZr. The van der Waals surface area contributed by atoms with E-state index in [0.717, 1.165) is 5.38 Å². The van der Waals surface area contributed by atoms with Crippen LogP contribution in [0.4, 0.5) is 0 Å². The molecule has 0 fully saturated rings. The molecule has 0 atom stereocenters. The second kappa shape index (κ2) is 5.12. The van der Waals surface area contributed by atoms with Crippen LogP contribution in [0.25, 0.3) is 0 Å². The average Bonchev–Trinajstić information content (AvgIpc) is 2.77. The van der Waals surface area contributed by atoms with Crippen LogP contribution in [-0.4, -0.2) is 0 Å². The zero-order valence-corrected chi connectivity index (χ0v) is 10.4. The molecule has 0 heterocycles. The van der Waals surface area contributed by atoms with Crippen molar-refractivity contribution in [1.29, 1.82) is 0 Å². The Morgan fingerprint density at radius 1 is 0.769 bits per heavy atom. The molecule has 2 aliphatic carbocycles. The summed E-state index contributed by atoms with van der Waals surface area (Å²) >= 11 is 6.21. The molecule has 2 rings (SSSR count). The van der Waals surface area contributed by atoms with Crippen LogP contribution in [0.1, 0.15) is 0 Å². The first-order valence-electron chi connectivity index (χ1n) is 4.10. The number of hydrogen-bond acceptors (Lipinski definition) is 0. The molecule has 0 aromatic heterocycles. The number of rotatable bonds is 2. The van der Waals surface area contributed by atoms with Gasteiger partial charge in [-0.3, -0.25) is 0 Å². The van der Waals surface area contributed by atoms with Gasteiger partial charge in [0.1, 0.15) is 0 Å². The van der Waals surface area contributed by atoms with E-state index in [1.165, 1.54) is 0 Å². The van der Waals surface area contributed by atoms with Crippen LogP contribution < -0.4 is 0 Å². The monoisotopic (exact) mass is 267 g/mol. The largest absolute Gasteiger partial charge is 0.115 e. The van der Waals surface area contributed by atoms with Crippen molar-refractivity contribution in [3.8, 4) is 0 Å². The molecule has 0 nitrogen and oxygen atoms in total. The molecule has 65 valence electrons. The molecule has 1 radical (unpaired) electrons. The summed E-state index contributed by atoms with van der Waals surface area (Å²) in [6.07, 6.45) is 16.6. The molecular weight excluding hydrogens is 259 g/mol. The molecule has 0 aliphatic heterocycles. The van der Waals surface area contributed by atoms with Crippen LogP contribution in [0.2, 0.25) is 0 Å². The molecule has 0 spiro atoms. The topological polar surface area (TPSA) is 0 Å². The number of allylic oxidation sites excluding steroid dienone is 8. The van der Waals surface area contributed by atoms with Crippen LogP contribution in [0.3, 0.4) is 0 Å². The van der Waals surface area contributed by atoms with E-state index in [1.54, 1.807) is 0 Å². The van der Waals surface area contributed by atoms with Gasteiger partial charge in [0.2, 0.25) is 0 Å². The minimum atomic E-state index is 0. The van der Waals surface area contributed by atoms with Crippen LogP contribution in [0, 0.1) is 17.2 Å². The molecule has 0 bridgehead atoms. The van der Waals surface area contributed by atoms with E-state index in [-0.39, 0.29) is 26.2 Å². The van der Waals surface area contributed by atoms with Gasteiger partial charge in [-0.2, -0.15) is 0 Å². The van der Waals surface area contributed by atoms with E-state index in [2.05, 4.69) is 24.3 Å². The van der Waals surface area contributed by atoms with Crippen LogP contribution >= 0.6 is 11.6 Å². The van der Waals surface area contributed by atoms with Crippen molar-refractivity contribution >= 4 is 11.6 Å². The second-order valence-electron chi connectivity index (χ2n) is 2.98. The van der Waals surface area contributed by atoms with Gasteiger partial charge >= 0.3 is 0 Å². The van der Waals surface area contributed by atoms with Gasteiger partial charge in [-0.25, -0.2) is 0 Å². The van der Waals surface area contributed by atoms with Crippen molar-refractivity contribution in [3.05, 3.63) is 54.0 Å². The van der Waals surface area contributed by atoms with Crippen LogP contribution in [0.15, 0.2) is 48.6 Å². The summed E-state index contributed by atoms with van der Waals surface area (Å²) in [5, 5.41) is 0.991. The fourth-order valence-electron chi connectivity index (χ4n) is 1.45. The molecule has 0 saturated carbocycles. The Kier molecular flexibility index (Phi) is 4.42. The summed E-state index contributed by atoms with van der Waals surface area (Å²) in [6.45, 7) is 0. The predicted octanol–water partition coefficient (Wildman–Crippen LogP) is 3.24. The van der Waals surface area contributed by atoms with Gasteiger partial charge in [0, 0.05) is 38.0 Å². The van der Waals surface area contributed by atoms with E-state index >= 15 is 0 Å². The molecule has 2 aliphatic rings. The van der Waals surface area contributed by atoms with Crippen molar-refractivity contribution in [2.24, 2.45) is 11.8 Å². The zero-order valence-electron chi connectivity index (χ0n) is 7.15. The van der Waals surface area contributed by atoms with Crippen molar-refractivity contribution in [2.45, 2.75) is 0 Å². The van der Waals surface area contributed by atoms with Crippen LogP contribution in [0.5, 0.6) is 0 Å². The summed E-state index contributed by atoms with van der Waals surface area (Å²) in [5.41, 5.74) is 0. The molecule has 0 N–H and O–H groups in total. The zero-order chi connectivity index (χ0) is 8.39. The molecule has 0 saturated heterocycles. The van der Waals surface area contributed by atoms with Crippen molar-refractivity contribution in [3.63, 3.8) is 0 Å². The Morgan fingerprint density at radius 2 is 1.08 bits per heavy atom. The van der Waals surface area contributed by atoms with Gasteiger partial charge in [-0.05, 0) is 0 Å². The van der Waals surface area contributed by atoms with E-state index < -0.39 is 0 Å². The van der Waals surface area contributed by atoms with Gasteiger partial charge in [0.25, 0.3) is 0 Å². The molecule has 0 aromatic carbocycles. The van der Waals surface area contributed by atoms with E-state index in [4.69, 9.17) is 11.6 Å². The first kappa shape index (κ1) is 11.2. The quantitative estimate of drug-likeness (QED) is 0.721. The second-order valence-corrected chi connectivity index (χ2v) is 3.41. The summed E-state index contributed by atoms with van der Waals surface area (Å²) in [7, 11) is 0. The Bertz CT molecular complexity index is 224. The fourth-order valence-corrected chi connectivity index (χ4v) is 1.74. The van der Waals surface area contributed by atoms with Gasteiger partial charge in [0.05, 0.1) is 5.38 Å². The molecule has 0 amide bonds. The molecule has 13 heavy (non-hydrogen) atoms. The number of hydrogen-bond donors (Lipinski definition) is 0. The Balaban J connectivity index is 0.000000845. The average molecular weight is 269 g/mol. The summed E-state index contributed by atoms with van der Waals surface area (Å²) in [4.78, 5) is 0. The first-order valence-corrected chi connectivity index (χ1v) is 4.48. The predicted molar refractivity (Wildman–Crippen MR) is 52.6 cm³/mol. The summed E-state index contributed by atoms with van der Waals surface area (Å²) in [6, 6.07) is 0. The van der Waals surface area contributed by atoms with E-state index in [9.17, 15) is 0 Å². The Labute approximate surface area is 103 Å². The minimum absolute atomic E-state index is 0. The van der Waals surface area contributed by atoms with Gasteiger partial charge in [-0.15, -0.1) is 11.6 Å². The maximum absolute atomic E-state index is 6.21. The normalized spacial score (nSPS) is 20.5. The van der Waals surface area contributed by atoms with Gasteiger partial charge in [-0.1, -0.05) is 48.6 Å². The van der Waals surface area contributed by atoms with Crippen LogP contribution in [-0.2, 0) is 26.2 Å². The first-order chi connectivity index (χ1) is 5.88. The summed E-state index contributed by atoms with van der Waals surface area (Å²) < 4.78 is 0. The molecule has 0 aromatic rings. The maximum atomic E-state index is 6.21. The molecule has 0 unspecified atom stereocenters. The SMILES string of the molecule is Cl[C](C1C=CC=C1)C1C=CC=C1.[Zr]. The number of halogens is 1. The van der Waals surface area contributed by atoms with Gasteiger partial charge in [0.15, 0.2) is 0 Å². The van der Waals surface area contributed by atoms with E-state index in [1.807, 2.05) is 24.3 Å². The standard InChI is InChI=1S/C11H10Cl.Zr/c12-11(9-5-1-2-6-9)10-7-3-4-8-10;/h1-10H;. The third kappa shape index (κ3) is 2.54. The third-order valence-corrected chi connectivity index (χ3v) is 2.64. The summed E-state index contributed by atoms with van der Waals surface area (Å²) in [5.74, 6) is 0.646. The Hall–Kier alpha value is 0.133.